The summed E-state index contributed by atoms with van der Waals surface area (Å²) in [6.45, 7) is 4.83. The number of benzene rings is 2. The largest absolute Gasteiger partial charge is 0.0776 e. The second-order valence-electron chi connectivity index (χ2n) is 22.2. The van der Waals surface area contributed by atoms with Gasteiger partial charge in [-0.15, -0.1) is 0 Å². The molecule has 250 valence electrons. The van der Waals surface area contributed by atoms with Gasteiger partial charge < -0.3 is 0 Å². The molecule has 4 atom stereocenters. The van der Waals surface area contributed by atoms with Crippen LogP contribution in [-0.4, -0.2) is 3.42 Å². The van der Waals surface area contributed by atoms with Gasteiger partial charge in [0.1, 0.15) is 0 Å². The average molecular weight is 755 g/mol. The summed E-state index contributed by atoms with van der Waals surface area (Å²) in [7, 11) is 0. The maximum atomic E-state index is 3.15. The molecule has 0 nitrogen and oxygen atoms in total. The van der Waals surface area contributed by atoms with Gasteiger partial charge in [-0.05, 0) is 157 Å². The molecule has 18 aliphatic rings. The van der Waals surface area contributed by atoms with Gasteiger partial charge in [0, 0.05) is 8.84 Å². The van der Waals surface area contributed by atoms with Crippen LogP contribution >= 0.6 is 22.6 Å². The Balaban J connectivity index is 0.675. The Morgan fingerprint density at radius 2 is 0.939 bits per heavy atom. The fourth-order valence-corrected chi connectivity index (χ4v) is 28.3. The SMILES string of the molecule is CCCCCCC12C3C4C1(I)C1C2C3(C23C5C6C2C2C3C5C62C23C5C6C2C2C3C5C62c2ccc(-c3ccccc3)cc2)C41CCCCCC. The summed E-state index contributed by atoms with van der Waals surface area (Å²) in [6, 6.07) is 21.2. The van der Waals surface area contributed by atoms with Crippen LogP contribution in [0.15, 0.2) is 54.6 Å². The van der Waals surface area contributed by atoms with Crippen LogP contribution in [0.3, 0.4) is 0 Å². The topological polar surface area (TPSA) is 0 Å². The van der Waals surface area contributed by atoms with Gasteiger partial charge in [-0.25, -0.2) is 0 Å². The first kappa shape index (κ1) is 26.0. The van der Waals surface area contributed by atoms with Crippen LogP contribution in [-0.2, 0) is 5.41 Å². The van der Waals surface area contributed by atoms with Gasteiger partial charge in [0.25, 0.3) is 0 Å². The summed E-state index contributed by atoms with van der Waals surface area (Å²) in [5, 5.41) is 0. The molecule has 0 amide bonds. The second kappa shape index (κ2) is 6.63. The lowest BCUT2D eigenvalue weighted by molar-refractivity contribution is -0.818. The highest BCUT2D eigenvalue weighted by Gasteiger charge is 3.28. The number of hydrogen-bond acceptors (Lipinski definition) is 0. The highest BCUT2D eigenvalue weighted by atomic mass is 127. The molecule has 4 unspecified atom stereocenters. The zero-order valence-electron chi connectivity index (χ0n) is 29.4. The quantitative estimate of drug-likeness (QED) is 0.102. The first-order chi connectivity index (χ1) is 24.1. The Labute approximate surface area is 306 Å². The lowest BCUT2D eigenvalue weighted by atomic mass is 8.75. The monoisotopic (exact) mass is 754 g/mol. The third-order valence-electron chi connectivity index (χ3n) is 24.4. The highest BCUT2D eigenvalue weighted by Crippen LogP contribution is 3.30. The summed E-state index contributed by atoms with van der Waals surface area (Å²) in [5.74, 6) is 19.4. The minimum atomic E-state index is 0.664. The van der Waals surface area contributed by atoms with E-state index in [0.29, 0.717) is 5.41 Å². The molecular weight excluding hydrogens is 703 g/mol. The lowest BCUT2D eigenvalue weighted by Crippen LogP contribution is -3.28. The molecule has 1 heteroatoms. The Hall–Kier alpha value is -0.830. The number of hydrogen-bond donors (Lipinski definition) is 0. The van der Waals surface area contributed by atoms with Crippen molar-refractivity contribution in [1.82, 2.24) is 0 Å². The van der Waals surface area contributed by atoms with Crippen molar-refractivity contribution >= 4 is 22.6 Å². The van der Waals surface area contributed by atoms with Crippen LogP contribution < -0.4 is 0 Å². The van der Waals surface area contributed by atoms with E-state index in [2.05, 4.69) is 91.0 Å². The number of rotatable bonds is 14. The van der Waals surface area contributed by atoms with E-state index in [1.54, 1.807) is 31.2 Å². The third-order valence-corrected chi connectivity index (χ3v) is 26.7. The van der Waals surface area contributed by atoms with Gasteiger partial charge in [0.2, 0.25) is 0 Å². The van der Waals surface area contributed by atoms with Gasteiger partial charge in [-0.2, -0.15) is 0 Å². The maximum Gasteiger partial charge on any atom is 0.0358 e. The predicted molar refractivity (Wildman–Crippen MR) is 198 cm³/mol. The Kier molecular flexibility index (Phi) is 3.52. The standard InChI is InChI=1S/C48H51I/c1-3-5-7-12-20-41-39-37-42(21-13-8-6-4-2)38(40(41)48(39,42)49)47(37,41)46-34-31-35(46)33-36(46)32(34)45(31,33)44-28-25-29(44)27-30(44)26(28)43(25,27)24-18-16-23(17-19-24)22-14-10-9-11-15-22/h9-11,14-19,25-40H,3-8,12-13,20-21H2,1-2H3. The molecule has 0 radical (unpaired) electrons. The molecule has 49 heavy (non-hydrogen) atoms. The lowest BCUT2D eigenvalue weighted by Gasteiger charge is -3.29. The van der Waals surface area contributed by atoms with Crippen molar-refractivity contribution in [2.24, 2.45) is 127 Å². The van der Waals surface area contributed by atoms with E-state index in [4.69, 9.17) is 0 Å². The average Bonchev–Trinajstić information content (AvgIpc) is 3.16. The van der Waals surface area contributed by atoms with Crippen LogP contribution in [0.1, 0.15) is 83.6 Å². The van der Waals surface area contributed by atoms with E-state index in [0.717, 1.165) is 53.7 Å². The molecule has 18 saturated carbocycles. The van der Waals surface area contributed by atoms with Crippen LogP contribution in [0, 0.1) is 127 Å². The Bertz CT molecular complexity index is 1910. The van der Waals surface area contributed by atoms with Crippen molar-refractivity contribution in [3.05, 3.63) is 60.2 Å². The van der Waals surface area contributed by atoms with Gasteiger partial charge in [0.05, 0.1) is 0 Å². The zero-order chi connectivity index (χ0) is 31.4. The van der Waals surface area contributed by atoms with Gasteiger partial charge >= 0.3 is 0 Å². The number of halogens is 1. The summed E-state index contributed by atoms with van der Waals surface area (Å²) < 4.78 is 0.797. The van der Waals surface area contributed by atoms with E-state index in [9.17, 15) is 0 Å². The molecule has 0 bridgehead atoms. The molecule has 0 saturated heterocycles. The van der Waals surface area contributed by atoms with Crippen LogP contribution in [0.2, 0.25) is 0 Å². The first-order valence-corrected chi connectivity index (χ1v) is 23.1. The van der Waals surface area contributed by atoms with Crippen LogP contribution in [0.25, 0.3) is 11.1 Å². The highest BCUT2D eigenvalue weighted by molar-refractivity contribution is 14.1. The van der Waals surface area contributed by atoms with Gasteiger partial charge in [-0.3, -0.25) is 0 Å². The third kappa shape index (κ3) is 1.50. The molecular formula is C48H51I. The molecule has 2 aromatic rings. The van der Waals surface area contributed by atoms with Crippen molar-refractivity contribution in [1.29, 1.82) is 0 Å². The minimum Gasteiger partial charge on any atom is -0.0776 e. The smallest absolute Gasteiger partial charge is 0.0358 e. The molecule has 18 fully saturated rings. The molecule has 0 spiro atoms. The maximum absolute atomic E-state index is 3.15. The van der Waals surface area contributed by atoms with E-state index in [1.165, 1.54) is 127 Å². The van der Waals surface area contributed by atoms with Crippen molar-refractivity contribution in [2.75, 3.05) is 0 Å². The zero-order valence-corrected chi connectivity index (χ0v) is 31.5. The van der Waals surface area contributed by atoms with Crippen molar-refractivity contribution in [2.45, 2.75) is 86.9 Å². The molecule has 0 aromatic heterocycles. The van der Waals surface area contributed by atoms with Gasteiger partial charge in [0.15, 0.2) is 0 Å². The minimum absolute atomic E-state index is 0.664. The Morgan fingerprint density at radius 1 is 0.469 bits per heavy atom. The van der Waals surface area contributed by atoms with Crippen molar-refractivity contribution in [3.8, 4) is 11.1 Å². The van der Waals surface area contributed by atoms with Crippen molar-refractivity contribution in [3.63, 3.8) is 0 Å². The summed E-state index contributed by atoms with van der Waals surface area (Å²) >= 11 is 3.15. The Morgan fingerprint density at radius 3 is 1.47 bits per heavy atom. The predicted octanol–water partition coefficient (Wildman–Crippen LogP) is 10.7. The molecule has 0 aliphatic heterocycles. The number of unbranched alkanes of at least 4 members (excludes halogenated alkanes) is 6. The fraction of sp³-hybridized carbons (Fsp3) is 0.750. The van der Waals surface area contributed by atoms with Gasteiger partial charge in [-0.1, -0.05) is 142 Å². The number of alkyl halides is 1. The molecule has 18 aliphatic carbocycles. The first-order valence-electron chi connectivity index (χ1n) is 22.0. The molecule has 0 heterocycles. The molecule has 20 rings (SSSR count). The van der Waals surface area contributed by atoms with Crippen molar-refractivity contribution < 1.29 is 0 Å². The van der Waals surface area contributed by atoms with E-state index in [1.807, 2.05) is 0 Å². The van der Waals surface area contributed by atoms with E-state index < -0.39 is 0 Å². The fourth-order valence-electron chi connectivity index (χ4n) is 25.5. The normalized spacial score (nSPS) is 71.8. The summed E-state index contributed by atoms with van der Waals surface area (Å²) in [5.41, 5.74) is 10.7. The summed E-state index contributed by atoms with van der Waals surface area (Å²) in [6.07, 6.45) is 15.3. The van der Waals surface area contributed by atoms with E-state index >= 15 is 0 Å². The van der Waals surface area contributed by atoms with Crippen LogP contribution in [0.5, 0.6) is 0 Å². The summed E-state index contributed by atoms with van der Waals surface area (Å²) in [4.78, 5) is 0. The van der Waals surface area contributed by atoms with Crippen LogP contribution in [0.4, 0.5) is 0 Å². The molecule has 0 N–H and O–H groups in total. The van der Waals surface area contributed by atoms with E-state index in [-0.39, 0.29) is 0 Å². The second-order valence-corrected chi connectivity index (χ2v) is 24.0. The molecule has 2 aromatic carbocycles.